The summed E-state index contributed by atoms with van der Waals surface area (Å²) in [6, 6.07) is 16.5. The number of benzene rings is 3. The van der Waals surface area contributed by atoms with E-state index in [4.69, 9.17) is 30.5 Å². The molecule has 0 atom stereocenters. The van der Waals surface area contributed by atoms with E-state index in [0.29, 0.717) is 30.3 Å². The molecule has 0 saturated heterocycles. The van der Waals surface area contributed by atoms with Crippen LogP contribution < -0.4 is 23.8 Å². The van der Waals surface area contributed by atoms with Crippen molar-refractivity contribution in [2.45, 2.75) is 38.0 Å². The topological polar surface area (TPSA) is 60.5 Å². The number of methoxy groups -OCH3 is 2. The predicted octanol–water partition coefficient (Wildman–Crippen LogP) is 7.16. The van der Waals surface area contributed by atoms with E-state index in [2.05, 4.69) is 4.90 Å². The highest BCUT2D eigenvalue weighted by Gasteiger charge is 2.35. The molecule has 0 radical (unpaired) electrons. The third-order valence-electron chi connectivity index (χ3n) is 7.51. The van der Waals surface area contributed by atoms with Crippen LogP contribution in [-0.4, -0.2) is 57.4 Å². The van der Waals surface area contributed by atoms with Gasteiger partial charge >= 0.3 is 6.18 Å². The minimum Gasteiger partial charge on any atom is -0.497 e. The number of amides is 1. The Bertz CT molecular complexity index is 1470. The molecule has 5 rings (SSSR count). The molecule has 234 valence electrons. The molecule has 0 bridgehead atoms. The minimum atomic E-state index is -4.47. The summed E-state index contributed by atoms with van der Waals surface area (Å²) in [6.07, 6.45) is 0.319. The number of alkyl halides is 3. The van der Waals surface area contributed by atoms with Gasteiger partial charge in [-0.1, -0.05) is 17.7 Å². The molecule has 7 nitrogen and oxygen atoms in total. The van der Waals surface area contributed by atoms with Gasteiger partial charge in [-0.3, -0.25) is 4.79 Å². The van der Waals surface area contributed by atoms with E-state index in [1.165, 1.54) is 6.07 Å². The number of halogens is 4. The first-order valence-electron chi connectivity index (χ1n) is 14.3. The fourth-order valence-electron chi connectivity index (χ4n) is 5.07. The Kier molecular flexibility index (Phi) is 9.78. The van der Waals surface area contributed by atoms with Crippen LogP contribution in [0.2, 0.25) is 5.02 Å². The number of carbonyl (C=O) groups is 1. The van der Waals surface area contributed by atoms with E-state index in [1.807, 2.05) is 53.4 Å². The highest BCUT2D eigenvalue weighted by atomic mass is 35.5. The minimum absolute atomic E-state index is 0.0482. The number of nitrogens with zero attached hydrogens (tertiary/aromatic N) is 2. The lowest BCUT2D eigenvalue weighted by molar-refractivity contribution is -0.137. The Hall–Kier alpha value is -4.05. The van der Waals surface area contributed by atoms with E-state index in [1.54, 1.807) is 14.2 Å². The van der Waals surface area contributed by atoms with Crippen LogP contribution in [0, 0.1) is 0 Å². The molecule has 0 aromatic heterocycles. The summed E-state index contributed by atoms with van der Waals surface area (Å²) in [5.41, 5.74) is 1.87. The molecule has 1 amide bonds. The highest BCUT2D eigenvalue weighted by molar-refractivity contribution is 6.32. The summed E-state index contributed by atoms with van der Waals surface area (Å²) in [6.45, 7) is 2.06. The Labute approximate surface area is 259 Å². The third-order valence-corrected chi connectivity index (χ3v) is 7.80. The van der Waals surface area contributed by atoms with Gasteiger partial charge in [-0.2, -0.15) is 13.2 Å². The standard InChI is InChI=1S/C33H34ClF3N2O5/c1-41-28-16-22(17-29(19-28)42-2)20-39(26-6-7-26)32(40)23-4-3-13-38(21-23)25-8-10-27(11-9-25)43-14-15-44-31-12-5-24(18-30(31)34)33(35,36)37/h4-5,8-12,16-19,26H,3,6-7,13-15,20-21H2,1-2H3. The second-order valence-corrected chi connectivity index (χ2v) is 11.1. The summed E-state index contributed by atoms with van der Waals surface area (Å²) in [5, 5.41) is -0.113. The van der Waals surface area contributed by atoms with Crippen LogP contribution in [0.15, 0.2) is 72.3 Å². The van der Waals surface area contributed by atoms with Crippen molar-refractivity contribution in [3.05, 3.63) is 88.5 Å². The van der Waals surface area contributed by atoms with Crippen molar-refractivity contribution >= 4 is 23.2 Å². The second-order valence-electron chi connectivity index (χ2n) is 10.7. The van der Waals surface area contributed by atoms with Gasteiger partial charge in [0.1, 0.15) is 36.2 Å². The van der Waals surface area contributed by atoms with Gasteiger partial charge in [0, 0.05) is 43.0 Å². The van der Waals surface area contributed by atoms with Gasteiger partial charge in [-0.15, -0.1) is 0 Å². The monoisotopic (exact) mass is 630 g/mol. The molecule has 1 aliphatic heterocycles. The first kappa shape index (κ1) is 31.4. The first-order valence-corrected chi connectivity index (χ1v) is 14.7. The van der Waals surface area contributed by atoms with Gasteiger partial charge < -0.3 is 28.7 Å². The summed E-state index contributed by atoms with van der Waals surface area (Å²) in [7, 11) is 3.22. The Morgan fingerprint density at radius 1 is 0.932 bits per heavy atom. The van der Waals surface area contributed by atoms with Crippen molar-refractivity contribution in [1.29, 1.82) is 0 Å². The van der Waals surface area contributed by atoms with Crippen LogP contribution in [0.4, 0.5) is 18.9 Å². The zero-order valence-electron chi connectivity index (χ0n) is 24.5. The lowest BCUT2D eigenvalue weighted by atomic mass is 10.1. The molecule has 1 heterocycles. The predicted molar refractivity (Wildman–Crippen MR) is 162 cm³/mol. The van der Waals surface area contributed by atoms with E-state index in [-0.39, 0.29) is 35.9 Å². The third kappa shape index (κ3) is 7.91. The molecule has 1 aliphatic carbocycles. The average molecular weight is 631 g/mol. The quantitative estimate of drug-likeness (QED) is 0.198. The molecule has 0 N–H and O–H groups in total. The van der Waals surface area contributed by atoms with E-state index < -0.39 is 11.7 Å². The Morgan fingerprint density at radius 2 is 1.61 bits per heavy atom. The molecule has 11 heteroatoms. The maximum atomic E-state index is 13.7. The zero-order valence-corrected chi connectivity index (χ0v) is 25.3. The number of rotatable bonds is 12. The van der Waals surface area contributed by atoms with Crippen molar-refractivity contribution < 1.29 is 36.9 Å². The van der Waals surface area contributed by atoms with Gasteiger partial charge in [-0.25, -0.2) is 0 Å². The maximum absolute atomic E-state index is 13.7. The first-order chi connectivity index (χ1) is 21.1. The molecule has 3 aromatic rings. The summed E-state index contributed by atoms with van der Waals surface area (Å²) >= 11 is 5.94. The van der Waals surface area contributed by atoms with Crippen molar-refractivity contribution in [3.8, 4) is 23.0 Å². The van der Waals surface area contributed by atoms with E-state index in [9.17, 15) is 18.0 Å². The normalized spacial score (nSPS) is 15.0. The van der Waals surface area contributed by atoms with Crippen molar-refractivity contribution in [1.82, 2.24) is 4.90 Å². The highest BCUT2D eigenvalue weighted by Crippen LogP contribution is 2.35. The number of anilines is 1. The van der Waals surface area contributed by atoms with E-state index in [0.717, 1.165) is 54.8 Å². The molecule has 0 spiro atoms. The lowest BCUT2D eigenvalue weighted by Gasteiger charge is -2.32. The second kappa shape index (κ2) is 13.7. The largest absolute Gasteiger partial charge is 0.497 e. The van der Waals surface area contributed by atoms with Gasteiger partial charge in [0.15, 0.2) is 0 Å². The fraction of sp³-hybridized carbons (Fsp3) is 0.364. The number of hydrogen-bond acceptors (Lipinski definition) is 6. The van der Waals surface area contributed by atoms with Crippen LogP contribution in [-0.2, 0) is 17.5 Å². The van der Waals surface area contributed by atoms with Crippen LogP contribution in [0.5, 0.6) is 23.0 Å². The molecule has 1 fully saturated rings. The van der Waals surface area contributed by atoms with Crippen LogP contribution >= 0.6 is 11.6 Å². The van der Waals surface area contributed by atoms with Crippen LogP contribution in [0.3, 0.4) is 0 Å². The average Bonchev–Trinajstić information content (AvgIpc) is 3.87. The Morgan fingerprint density at radius 3 is 2.23 bits per heavy atom. The lowest BCUT2D eigenvalue weighted by Crippen LogP contribution is -2.39. The molecule has 3 aromatic carbocycles. The summed E-state index contributed by atoms with van der Waals surface area (Å²) < 4.78 is 60.5. The zero-order chi connectivity index (χ0) is 31.3. The number of hydrogen-bond donors (Lipinski definition) is 0. The number of carbonyl (C=O) groups excluding carboxylic acids is 1. The molecule has 2 aliphatic rings. The molecular weight excluding hydrogens is 597 g/mol. The van der Waals surface area contributed by atoms with Gasteiger partial charge in [0.25, 0.3) is 5.91 Å². The van der Waals surface area contributed by atoms with Gasteiger partial charge in [0.2, 0.25) is 0 Å². The van der Waals surface area contributed by atoms with Crippen molar-refractivity contribution in [2.24, 2.45) is 0 Å². The molecule has 1 saturated carbocycles. The number of ether oxygens (including phenoxy) is 4. The van der Waals surface area contributed by atoms with Crippen LogP contribution in [0.1, 0.15) is 30.4 Å². The van der Waals surface area contributed by atoms with Crippen LogP contribution in [0.25, 0.3) is 0 Å². The summed E-state index contributed by atoms with van der Waals surface area (Å²) in [4.78, 5) is 17.9. The molecular formula is C33H34ClF3N2O5. The van der Waals surface area contributed by atoms with Crippen molar-refractivity contribution in [3.63, 3.8) is 0 Å². The van der Waals surface area contributed by atoms with E-state index >= 15 is 0 Å². The molecule has 44 heavy (non-hydrogen) atoms. The summed E-state index contributed by atoms with van der Waals surface area (Å²) in [5.74, 6) is 2.20. The Balaban J connectivity index is 1.14. The van der Waals surface area contributed by atoms with Gasteiger partial charge in [-0.05, 0) is 79.4 Å². The molecule has 0 unspecified atom stereocenters. The van der Waals surface area contributed by atoms with Crippen molar-refractivity contribution in [2.75, 3.05) is 45.4 Å². The SMILES string of the molecule is COc1cc(CN(C(=O)C2=CCCN(c3ccc(OCCOc4ccc(C(F)(F)F)cc4Cl)cc3)C2)C2CC2)cc(OC)c1. The fourth-order valence-corrected chi connectivity index (χ4v) is 5.30. The maximum Gasteiger partial charge on any atom is 0.416 e. The smallest absolute Gasteiger partial charge is 0.416 e. The van der Waals surface area contributed by atoms with Gasteiger partial charge in [0.05, 0.1) is 24.8 Å².